The molecule has 0 amide bonds. The van der Waals surface area contributed by atoms with E-state index in [4.69, 9.17) is 0 Å². The first-order valence-electron chi connectivity index (χ1n) is 10.3. The quantitative estimate of drug-likeness (QED) is 0.437. The summed E-state index contributed by atoms with van der Waals surface area (Å²) in [6.45, 7) is -0.850. The van der Waals surface area contributed by atoms with E-state index in [-0.39, 0.29) is 29.5 Å². The molecule has 34 heavy (non-hydrogen) atoms. The maximum absolute atomic E-state index is 13.7. The summed E-state index contributed by atoms with van der Waals surface area (Å²) < 4.78 is 30.4. The molecule has 0 spiro atoms. The van der Waals surface area contributed by atoms with Crippen molar-refractivity contribution >= 4 is 28.0 Å². The first-order valence-corrected chi connectivity index (χ1v) is 10.3. The Morgan fingerprint density at radius 3 is 2.79 bits per heavy atom. The lowest BCUT2D eigenvalue weighted by Gasteiger charge is -2.39. The Bertz CT molecular complexity index is 1660. The summed E-state index contributed by atoms with van der Waals surface area (Å²) in [6.07, 6.45) is 4.76. The highest BCUT2D eigenvalue weighted by molar-refractivity contribution is 5.86. The van der Waals surface area contributed by atoms with E-state index in [1.54, 1.807) is 41.2 Å². The molecule has 10 nitrogen and oxygen atoms in total. The molecule has 0 radical (unpaired) electrons. The number of imidazole rings is 2. The molecule has 1 aliphatic heterocycles. The number of aromatic amines is 1. The number of rotatable bonds is 4. The van der Waals surface area contributed by atoms with Gasteiger partial charge in [-0.1, -0.05) is 6.07 Å². The van der Waals surface area contributed by atoms with Crippen LogP contribution in [0.1, 0.15) is 11.1 Å². The lowest BCUT2D eigenvalue weighted by atomic mass is 10.1. The molecular formula is C22H15F2N9O. The molecule has 12 heteroatoms. The highest BCUT2D eigenvalue weighted by atomic mass is 19.3. The van der Waals surface area contributed by atoms with Gasteiger partial charge in [0, 0.05) is 12.4 Å². The van der Waals surface area contributed by atoms with E-state index in [0.717, 1.165) is 5.56 Å². The van der Waals surface area contributed by atoms with Crippen LogP contribution in [0.25, 0.3) is 28.1 Å². The topological polar surface area (TPSA) is 121 Å². The van der Waals surface area contributed by atoms with Crippen LogP contribution in [0.5, 0.6) is 0 Å². The fraction of sp³-hybridized carbons (Fsp3) is 0.182. The number of nitrogens with one attached hydrogen (secondary N) is 1. The molecule has 1 saturated heterocycles. The molecule has 4 aromatic heterocycles. The molecule has 0 unspecified atom stereocenters. The number of hydrogen-bond donors (Lipinski definition) is 1. The van der Waals surface area contributed by atoms with E-state index in [0.29, 0.717) is 16.6 Å². The van der Waals surface area contributed by atoms with Gasteiger partial charge in [-0.3, -0.25) is 14.1 Å². The molecule has 6 rings (SSSR count). The first kappa shape index (κ1) is 20.0. The fourth-order valence-corrected chi connectivity index (χ4v) is 4.06. The Balaban J connectivity index is 1.57. The standard InChI is InChI=1S/C22H15F2N9O/c23-22(24)10-31(11-22)18-17-19(32(21(34)28-17)9-14-2-1-5-26-8-14)30-20(29-18)33-12-27-15-4-3-13(7-25)6-16(15)33/h1-6,8,12H,9-11H2,(H,28,34). The Hall–Kier alpha value is -4.66. The zero-order chi connectivity index (χ0) is 23.4. The number of fused-ring (bicyclic) bond motifs is 2. The summed E-state index contributed by atoms with van der Waals surface area (Å²) in [6, 6.07) is 10.7. The summed E-state index contributed by atoms with van der Waals surface area (Å²) in [4.78, 5) is 34.5. The molecule has 0 saturated carbocycles. The van der Waals surface area contributed by atoms with Crippen molar-refractivity contribution in [1.29, 1.82) is 5.26 Å². The number of benzene rings is 1. The van der Waals surface area contributed by atoms with Crippen LogP contribution in [-0.2, 0) is 6.54 Å². The third kappa shape index (κ3) is 3.17. The molecule has 1 aromatic carbocycles. The van der Waals surface area contributed by atoms with Crippen molar-refractivity contribution in [3.63, 3.8) is 0 Å². The Morgan fingerprint density at radius 2 is 2.06 bits per heavy atom. The summed E-state index contributed by atoms with van der Waals surface area (Å²) >= 11 is 0. The second-order valence-electron chi connectivity index (χ2n) is 8.07. The number of halogens is 2. The normalized spacial score (nSPS) is 14.9. The Labute approximate surface area is 189 Å². The predicted octanol–water partition coefficient (Wildman–Crippen LogP) is 2.23. The van der Waals surface area contributed by atoms with Gasteiger partial charge in [-0.15, -0.1) is 0 Å². The van der Waals surface area contributed by atoms with Crippen LogP contribution in [-0.4, -0.2) is 53.1 Å². The zero-order valence-corrected chi connectivity index (χ0v) is 17.5. The minimum absolute atomic E-state index is 0.147. The van der Waals surface area contributed by atoms with Crippen LogP contribution in [0.4, 0.5) is 14.6 Å². The number of anilines is 1. The van der Waals surface area contributed by atoms with Crippen LogP contribution in [0.15, 0.2) is 53.8 Å². The third-order valence-electron chi connectivity index (χ3n) is 5.69. The minimum Gasteiger partial charge on any atom is -0.342 e. The van der Waals surface area contributed by atoms with Crippen molar-refractivity contribution < 1.29 is 8.78 Å². The summed E-state index contributed by atoms with van der Waals surface area (Å²) in [7, 11) is 0. The van der Waals surface area contributed by atoms with Crippen LogP contribution in [0, 0.1) is 11.3 Å². The molecule has 1 aliphatic rings. The highest BCUT2D eigenvalue weighted by Crippen LogP contribution is 2.34. The van der Waals surface area contributed by atoms with E-state index in [1.165, 1.54) is 15.8 Å². The van der Waals surface area contributed by atoms with Crippen LogP contribution < -0.4 is 10.6 Å². The number of nitriles is 1. The van der Waals surface area contributed by atoms with Gasteiger partial charge in [-0.05, 0) is 29.8 Å². The largest absolute Gasteiger partial charge is 0.342 e. The first-order chi connectivity index (χ1) is 16.4. The van der Waals surface area contributed by atoms with E-state index >= 15 is 0 Å². The van der Waals surface area contributed by atoms with Crippen LogP contribution in [0.3, 0.4) is 0 Å². The zero-order valence-electron chi connectivity index (χ0n) is 17.5. The van der Waals surface area contributed by atoms with Gasteiger partial charge in [0.05, 0.1) is 42.3 Å². The lowest BCUT2D eigenvalue weighted by molar-refractivity contribution is -0.0265. The van der Waals surface area contributed by atoms with Gasteiger partial charge in [0.1, 0.15) is 11.8 Å². The fourth-order valence-electron chi connectivity index (χ4n) is 4.06. The van der Waals surface area contributed by atoms with E-state index in [2.05, 4.69) is 31.0 Å². The number of alkyl halides is 2. The third-order valence-corrected chi connectivity index (χ3v) is 5.69. The summed E-state index contributed by atoms with van der Waals surface area (Å²) in [5.74, 6) is -2.49. The van der Waals surface area contributed by atoms with Gasteiger partial charge in [0.25, 0.3) is 5.92 Å². The minimum atomic E-state index is -2.83. The maximum Gasteiger partial charge on any atom is 0.328 e. The lowest BCUT2D eigenvalue weighted by Crippen LogP contribution is -2.56. The monoisotopic (exact) mass is 459 g/mol. The average Bonchev–Trinajstić information content (AvgIpc) is 3.38. The van der Waals surface area contributed by atoms with Gasteiger partial charge >= 0.3 is 5.69 Å². The number of H-pyrrole nitrogens is 1. The van der Waals surface area contributed by atoms with E-state index < -0.39 is 24.7 Å². The van der Waals surface area contributed by atoms with Crippen molar-refractivity contribution in [2.24, 2.45) is 0 Å². The van der Waals surface area contributed by atoms with Gasteiger partial charge in [-0.25, -0.2) is 18.6 Å². The van der Waals surface area contributed by atoms with E-state index in [1.807, 2.05) is 6.07 Å². The number of nitrogens with zero attached hydrogens (tertiary/aromatic N) is 8. The molecule has 1 N–H and O–H groups in total. The second-order valence-corrected chi connectivity index (χ2v) is 8.07. The molecule has 5 aromatic rings. The van der Waals surface area contributed by atoms with Gasteiger partial charge in [0.15, 0.2) is 11.5 Å². The molecular weight excluding hydrogens is 444 g/mol. The number of aromatic nitrogens is 7. The summed E-state index contributed by atoms with van der Waals surface area (Å²) in [5.41, 5.74) is 2.48. The van der Waals surface area contributed by atoms with Crippen LogP contribution in [0.2, 0.25) is 0 Å². The van der Waals surface area contributed by atoms with Crippen molar-refractivity contribution in [1.82, 2.24) is 34.1 Å². The van der Waals surface area contributed by atoms with Crippen molar-refractivity contribution in [3.8, 4) is 12.0 Å². The molecule has 168 valence electrons. The summed E-state index contributed by atoms with van der Waals surface area (Å²) in [5, 5.41) is 9.29. The van der Waals surface area contributed by atoms with Crippen molar-refractivity contribution in [3.05, 3.63) is 70.7 Å². The Morgan fingerprint density at radius 1 is 1.21 bits per heavy atom. The second kappa shape index (κ2) is 7.17. The van der Waals surface area contributed by atoms with Gasteiger partial charge < -0.3 is 9.88 Å². The van der Waals surface area contributed by atoms with Gasteiger partial charge in [0.2, 0.25) is 5.95 Å². The number of hydrogen-bond acceptors (Lipinski definition) is 7. The van der Waals surface area contributed by atoms with Crippen molar-refractivity contribution in [2.75, 3.05) is 18.0 Å². The molecule has 1 fully saturated rings. The highest BCUT2D eigenvalue weighted by Gasteiger charge is 2.45. The molecule has 5 heterocycles. The van der Waals surface area contributed by atoms with Crippen LogP contribution >= 0.6 is 0 Å². The molecule has 0 bridgehead atoms. The number of pyridine rings is 1. The molecule has 0 atom stereocenters. The smallest absolute Gasteiger partial charge is 0.328 e. The average molecular weight is 459 g/mol. The van der Waals surface area contributed by atoms with Gasteiger partial charge in [-0.2, -0.15) is 15.2 Å². The maximum atomic E-state index is 13.7. The SMILES string of the molecule is N#Cc1ccc2ncn(-c3nc(N4CC(F)(F)C4)c4[nH]c(=O)n(Cc5cccnc5)c4n3)c2c1. The molecule has 0 aliphatic carbocycles. The van der Waals surface area contributed by atoms with E-state index in [9.17, 15) is 18.8 Å². The van der Waals surface area contributed by atoms with Crippen molar-refractivity contribution in [2.45, 2.75) is 12.5 Å². The predicted molar refractivity (Wildman–Crippen MR) is 118 cm³/mol. The Kier molecular flexibility index (Phi) is 4.22.